The van der Waals surface area contributed by atoms with Crippen LogP contribution in [0.15, 0.2) is 23.4 Å². The second-order valence-corrected chi connectivity index (χ2v) is 7.53. The molecule has 3 heterocycles. The average molecular weight is 434 g/mol. The van der Waals surface area contributed by atoms with Gasteiger partial charge in [0.05, 0.1) is 19.0 Å². The van der Waals surface area contributed by atoms with Crippen molar-refractivity contribution in [1.29, 1.82) is 0 Å². The number of carbonyl (C=O) groups is 2. The summed E-state index contributed by atoms with van der Waals surface area (Å²) in [5.41, 5.74) is 0.501. The van der Waals surface area contributed by atoms with Crippen LogP contribution in [0.3, 0.4) is 0 Å². The highest BCUT2D eigenvalue weighted by molar-refractivity contribution is 7.99. The van der Waals surface area contributed by atoms with E-state index < -0.39 is 11.9 Å². The smallest absolute Gasteiger partial charge is 0.325 e. The Kier molecular flexibility index (Phi) is 6.23. The zero-order valence-electron chi connectivity index (χ0n) is 16.4. The van der Waals surface area contributed by atoms with Crippen LogP contribution in [0.25, 0.3) is 0 Å². The number of morpholine rings is 1. The minimum atomic E-state index is -0.621. The van der Waals surface area contributed by atoms with E-state index in [1.54, 1.807) is 18.2 Å². The third-order valence-corrected chi connectivity index (χ3v) is 5.51. The Labute approximate surface area is 177 Å². The summed E-state index contributed by atoms with van der Waals surface area (Å²) in [5.74, 6) is 1.51. The van der Waals surface area contributed by atoms with E-state index in [1.165, 1.54) is 11.8 Å². The number of ether oxygens (including phenoxy) is 3. The molecule has 0 spiro atoms. The number of rotatable bonds is 5. The van der Waals surface area contributed by atoms with Gasteiger partial charge in [0.25, 0.3) is 0 Å². The van der Waals surface area contributed by atoms with Crippen LogP contribution in [0.2, 0.25) is 0 Å². The Hall–Kier alpha value is -2.99. The van der Waals surface area contributed by atoms with E-state index in [0.717, 1.165) is 19.0 Å². The van der Waals surface area contributed by atoms with Gasteiger partial charge in [-0.2, -0.15) is 0 Å². The molecule has 2 aromatic rings. The molecule has 0 bridgehead atoms. The van der Waals surface area contributed by atoms with Gasteiger partial charge < -0.3 is 24.4 Å². The molecule has 2 N–H and O–H groups in total. The maximum absolute atomic E-state index is 12.1. The Bertz CT molecular complexity index is 930. The molecule has 160 valence electrons. The SMILES string of the molecule is Cn1c(SCC(=O)NC(=O)Nc2ccc3c(c2)OCCO3)nnc1N1CCOCC1. The highest BCUT2D eigenvalue weighted by atomic mass is 32.2. The fourth-order valence-electron chi connectivity index (χ4n) is 3.05. The molecule has 2 aliphatic heterocycles. The van der Waals surface area contributed by atoms with E-state index in [0.29, 0.717) is 48.8 Å². The molecule has 2 aliphatic rings. The molecule has 1 aromatic carbocycles. The van der Waals surface area contributed by atoms with Crippen molar-refractivity contribution in [1.82, 2.24) is 20.1 Å². The van der Waals surface area contributed by atoms with Gasteiger partial charge in [-0.05, 0) is 12.1 Å². The molecule has 3 amide bonds. The number of nitrogens with zero attached hydrogens (tertiary/aromatic N) is 4. The molecule has 0 aliphatic carbocycles. The molecule has 12 heteroatoms. The van der Waals surface area contributed by atoms with Crippen LogP contribution in [0, 0.1) is 0 Å². The fraction of sp³-hybridized carbons (Fsp3) is 0.444. The summed E-state index contributed by atoms with van der Waals surface area (Å²) in [6.45, 7) is 3.74. The van der Waals surface area contributed by atoms with Gasteiger partial charge in [-0.25, -0.2) is 4.79 Å². The second kappa shape index (κ2) is 9.22. The first-order valence-electron chi connectivity index (χ1n) is 9.45. The summed E-state index contributed by atoms with van der Waals surface area (Å²) in [6, 6.07) is 4.42. The number of aromatic nitrogens is 3. The van der Waals surface area contributed by atoms with Crippen molar-refractivity contribution in [3.63, 3.8) is 0 Å². The number of fused-ring (bicyclic) bond motifs is 1. The number of hydrogen-bond acceptors (Lipinski definition) is 9. The molecular weight excluding hydrogens is 412 g/mol. The third kappa shape index (κ3) is 4.76. The maximum Gasteiger partial charge on any atom is 0.325 e. The van der Waals surface area contributed by atoms with Crippen LogP contribution < -0.4 is 25.0 Å². The molecule has 0 unspecified atom stereocenters. The van der Waals surface area contributed by atoms with Gasteiger partial charge in [0.2, 0.25) is 11.9 Å². The predicted molar refractivity (Wildman–Crippen MR) is 109 cm³/mol. The largest absolute Gasteiger partial charge is 0.486 e. The number of benzene rings is 1. The highest BCUT2D eigenvalue weighted by Crippen LogP contribution is 2.32. The second-order valence-electron chi connectivity index (χ2n) is 6.59. The highest BCUT2D eigenvalue weighted by Gasteiger charge is 2.19. The topological polar surface area (TPSA) is 120 Å². The first-order valence-corrected chi connectivity index (χ1v) is 10.4. The number of hydrogen-bond donors (Lipinski definition) is 2. The number of urea groups is 1. The van der Waals surface area contributed by atoms with Crippen molar-refractivity contribution in [3.05, 3.63) is 18.2 Å². The Balaban J connectivity index is 1.26. The zero-order valence-corrected chi connectivity index (χ0v) is 17.2. The predicted octanol–water partition coefficient (Wildman–Crippen LogP) is 0.863. The van der Waals surface area contributed by atoms with Crippen molar-refractivity contribution in [3.8, 4) is 11.5 Å². The quantitative estimate of drug-likeness (QED) is 0.660. The summed E-state index contributed by atoms with van der Waals surface area (Å²) in [5, 5.41) is 13.8. The van der Waals surface area contributed by atoms with Crippen molar-refractivity contribution in [2.45, 2.75) is 5.16 Å². The Morgan fingerprint density at radius 3 is 2.67 bits per heavy atom. The summed E-state index contributed by atoms with van der Waals surface area (Å²) >= 11 is 1.21. The van der Waals surface area contributed by atoms with Crippen LogP contribution in [-0.4, -0.2) is 72.0 Å². The Morgan fingerprint density at radius 2 is 1.87 bits per heavy atom. The lowest BCUT2D eigenvalue weighted by Crippen LogP contribution is -2.37. The third-order valence-electron chi connectivity index (χ3n) is 4.49. The monoisotopic (exact) mass is 434 g/mol. The van der Waals surface area contributed by atoms with Crippen molar-refractivity contribution < 1.29 is 23.8 Å². The van der Waals surface area contributed by atoms with Gasteiger partial charge in [-0.3, -0.25) is 14.7 Å². The minimum Gasteiger partial charge on any atom is -0.486 e. The average Bonchev–Trinajstić information content (AvgIpc) is 3.13. The molecule has 30 heavy (non-hydrogen) atoms. The van der Waals surface area contributed by atoms with Gasteiger partial charge >= 0.3 is 6.03 Å². The van der Waals surface area contributed by atoms with Crippen molar-refractivity contribution >= 4 is 35.3 Å². The standard InChI is InChI=1S/C18H22N6O5S/c1-23-17(24-4-6-27-7-5-24)21-22-18(23)30-11-15(25)20-16(26)19-12-2-3-13-14(10-12)29-9-8-28-13/h2-3,10H,4-9,11H2,1H3,(H2,19,20,25,26). The number of amides is 3. The molecule has 11 nitrogen and oxygen atoms in total. The molecule has 0 radical (unpaired) electrons. The zero-order chi connectivity index (χ0) is 20.9. The lowest BCUT2D eigenvalue weighted by atomic mass is 10.2. The Morgan fingerprint density at radius 1 is 1.10 bits per heavy atom. The van der Waals surface area contributed by atoms with Crippen LogP contribution >= 0.6 is 11.8 Å². The first kappa shape index (κ1) is 20.3. The van der Waals surface area contributed by atoms with E-state index >= 15 is 0 Å². The normalized spacial score (nSPS) is 15.6. The number of nitrogens with one attached hydrogen (secondary N) is 2. The molecule has 0 saturated carbocycles. The molecule has 4 rings (SSSR count). The lowest BCUT2D eigenvalue weighted by Gasteiger charge is -2.27. The summed E-state index contributed by atoms with van der Waals surface area (Å²) in [6.07, 6.45) is 0. The molecule has 1 fully saturated rings. The maximum atomic E-state index is 12.1. The minimum absolute atomic E-state index is 0.0314. The van der Waals surface area contributed by atoms with Crippen LogP contribution in [-0.2, 0) is 16.6 Å². The molecular formula is C18H22N6O5S. The fourth-order valence-corrected chi connectivity index (χ4v) is 3.75. The van der Waals surface area contributed by atoms with Crippen LogP contribution in [0.5, 0.6) is 11.5 Å². The van der Waals surface area contributed by atoms with Crippen molar-refractivity contribution in [2.75, 3.05) is 55.5 Å². The molecule has 0 atom stereocenters. The van der Waals surface area contributed by atoms with Gasteiger partial charge in [-0.15, -0.1) is 10.2 Å². The van der Waals surface area contributed by atoms with Crippen LogP contribution in [0.1, 0.15) is 0 Å². The van der Waals surface area contributed by atoms with Crippen molar-refractivity contribution in [2.24, 2.45) is 7.05 Å². The van der Waals surface area contributed by atoms with E-state index in [4.69, 9.17) is 14.2 Å². The molecule has 1 saturated heterocycles. The lowest BCUT2D eigenvalue weighted by molar-refractivity contribution is -0.117. The number of carbonyl (C=O) groups excluding carboxylic acids is 2. The number of anilines is 2. The van der Waals surface area contributed by atoms with E-state index in [1.807, 2.05) is 11.6 Å². The van der Waals surface area contributed by atoms with Gasteiger partial charge in [0.15, 0.2) is 16.7 Å². The number of imide groups is 1. The molecule has 1 aromatic heterocycles. The first-order chi connectivity index (χ1) is 14.6. The van der Waals surface area contributed by atoms with Gasteiger partial charge in [0, 0.05) is 31.9 Å². The van der Waals surface area contributed by atoms with E-state index in [2.05, 4.69) is 25.7 Å². The summed E-state index contributed by atoms with van der Waals surface area (Å²) < 4.78 is 18.1. The van der Waals surface area contributed by atoms with Gasteiger partial charge in [0.1, 0.15) is 13.2 Å². The van der Waals surface area contributed by atoms with Gasteiger partial charge in [-0.1, -0.05) is 11.8 Å². The summed E-state index contributed by atoms with van der Waals surface area (Å²) in [7, 11) is 1.85. The summed E-state index contributed by atoms with van der Waals surface area (Å²) in [4.78, 5) is 26.3. The number of thioether (sulfide) groups is 1. The van der Waals surface area contributed by atoms with Crippen LogP contribution in [0.4, 0.5) is 16.4 Å². The van der Waals surface area contributed by atoms with E-state index in [9.17, 15) is 9.59 Å². The van der Waals surface area contributed by atoms with E-state index in [-0.39, 0.29) is 5.75 Å².